The van der Waals surface area contributed by atoms with Gasteiger partial charge in [-0.05, 0) is 48.4 Å². The molecule has 0 aliphatic carbocycles. The van der Waals surface area contributed by atoms with E-state index in [1.807, 2.05) is 30.3 Å². The number of hydrogen-bond acceptors (Lipinski definition) is 6. The second-order valence-corrected chi connectivity index (χ2v) is 8.10. The zero-order valence-corrected chi connectivity index (χ0v) is 18.8. The molecule has 33 heavy (non-hydrogen) atoms. The predicted octanol–water partition coefficient (Wildman–Crippen LogP) is 5.02. The van der Waals surface area contributed by atoms with Crippen molar-refractivity contribution in [2.45, 2.75) is 12.5 Å². The number of nitrogens with zero attached hydrogens (tertiary/aromatic N) is 2. The van der Waals surface area contributed by atoms with Gasteiger partial charge in [0, 0.05) is 35.9 Å². The summed E-state index contributed by atoms with van der Waals surface area (Å²) in [6.07, 6.45) is 2.77. The molecule has 1 aliphatic heterocycles. The van der Waals surface area contributed by atoms with E-state index in [0.717, 1.165) is 42.0 Å². The molecule has 6 heteroatoms. The molecular formula is C27H27N3O3. The van der Waals surface area contributed by atoms with Gasteiger partial charge in [-0.25, -0.2) is 0 Å². The quantitative estimate of drug-likeness (QED) is 0.435. The molecule has 1 aromatic heterocycles. The summed E-state index contributed by atoms with van der Waals surface area (Å²) in [6, 6.07) is 24.9. The maximum atomic E-state index is 6.21. The van der Waals surface area contributed by atoms with E-state index in [0.29, 0.717) is 17.5 Å². The molecule has 1 fully saturated rings. The van der Waals surface area contributed by atoms with E-state index >= 15 is 0 Å². The molecule has 0 saturated carbocycles. The lowest BCUT2D eigenvalue weighted by Crippen LogP contribution is -2.25. The highest BCUT2D eigenvalue weighted by molar-refractivity contribution is 5.88. The molecule has 0 spiro atoms. The third-order valence-electron chi connectivity index (χ3n) is 5.97. The van der Waals surface area contributed by atoms with Gasteiger partial charge in [0.25, 0.3) is 0 Å². The first-order valence-electron chi connectivity index (χ1n) is 11.0. The zero-order chi connectivity index (χ0) is 22.6. The van der Waals surface area contributed by atoms with Crippen LogP contribution in [-0.4, -0.2) is 38.5 Å². The van der Waals surface area contributed by atoms with Crippen LogP contribution in [0.3, 0.4) is 0 Å². The number of hydrogen-bond donors (Lipinski definition) is 1. The van der Waals surface area contributed by atoms with Crippen LogP contribution in [0, 0.1) is 0 Å². The Balaban J connectivity index is 1.29. The number of anilines is 1. The Hall–Kier alpha value is -3.77. The smallest absolute Gasteiger partial charge is 0.162 e. The minimum atomic E-state index is 0.443. The Bertz CT molecular complexity index is 1230. The first kappa shape index (κ1) is 21.1. The molecule has 1 saturated heterocycles. The summed E-state index contributed by atoms with van der Waals surface area (Å²) in [5, 5.41) is 4.48. The lowest BCUT2D eigenvalue weighted by Gasteiger charge is -2.18. The lowest BCUT2D eigenvalue weighted by molar-refractivity contribution is 0.355. The van der Waals surface area contributed by atoms with Gasteiger partial charge in [-0.3, -0.25) is 10.3 Å². The van der Waals surface area contributed by atoms with Gasteiger partial charge in [-0.15, -0.1) is 0 Å². The Labute approximate surface area is 193 Å². The third-order valence-corrected chi connectivity index (χ3v) is 5.97. The number of rotatable bonds is 7. The van der Waals surface area contributed by atoms with Crippen molar-refractivity contribution in [3.63, 3.8) is 0 Å². The number of nitrogens with one attached hydrogen (secondary N) is 1. The van der Waals surface area contributed by atoms with E-state index in [1.54, 1.807) is 20.4 Å². The number of aromatic nitrogens is 1. The van der Waals surface area contributed by atoms with Gasteiger partial charge in [-0.1, -0.05) is 30.3 Å². The summed E-state index contributed by atoms with van der Waals surface area (Å²) in [6.45, 7) is 1.82. The van der Waals surface area contributed by atoms with Gasteiger partial charge in [0.1, 0.15) is 11.5 Å². The molecule has 0 amide bonds. The van der Waals surface area contributed by atoms with Crippen LogP contribution in [0.25, 0.3) is 10.9 Å². The SMILES string of the molecule is COc1cc2nccc(Oc3ccc(N4CNC(Cc5ccccc5)C4)cc3)c2cc1OC. The van der Waals surface area contributed by atoms with Crippen molar-refractivity contribution in [1.29, 1.82) is 0 Å². The van der Waals surface area contributed by atoms with Crippen LogP contribution in [0.5, 0.6) is 23.0 Å². The average molecular weight is 442 g/mol. The van der Waals surface area contributed by atoms with Gasteiger partial charge < -0.3 is 19.1 Å². The first-order valence-corrected chi connectivity index (χ1v) is 11.0. The fourth-order valence-corrected chi connectivity index (χ4v) is 4.25. The maximum absolute atomic E-state index is 6.21. The molecule has 5 rings (SSSR count). The summed E-state index contributed by atoms with van der Waals surface area (Å²) in [4.78, 5) is 6.80. The Morgan fingerprint density at radius 1 is 0.909 bits per heavy atom. The van der Waals surface area contributed by atoms with Gasteiger partial charge in [0.2, 0.25) is 0 Å². The Morgan fingerprint density at radius 2 is 1.67 bits per heavy atom. The van der Waals surface area contributed by atoms with Gasteiger partial charge in [-0.2, -0.15) is 0 Å². The number of methoxy groups -OCH3 is 2. The molecular weight excluding hydrogens is 414 g/mol. The highest BCUT2D eigenvalue weighted by Crippen LogP contribution is 2.37. The minimum Gasteiger partial charge on any atom is -0.493 e. The molecule has 0 bridgehead atoms. The number of pyridine rings is 1. The van der Waals surface area contributed by atoms with E-state index in [1.165, 1.54) is 11.3 Å². The van der Waals surface area contributed by atoms with Crippen LogP contribution in [0.4, 0.5) is 5.69 Å². The number of fused-ring (bicyclic) bond motifs is 1. The summed E-state index contributed by atoms with van der Waals surface area (Å²) in [7, 11) is 3.24. The van der Waals surface area contributed by atoms with Crippen LogP contribution >= 0.6 is 0 Å². The van der Waals surface area contributed by atoms with Crippen LogP contribution < -0.4 is 24.4 Å². The molecule has 6 nitrogen and oxygen atoms in total. The standard InChI is InChI=1S/C27H27N3O3/c1-31-26-15-23-24(16-27(26)32-2)28-13-12-25(23)33-22-10-8-21(9-11-22)30-17-20(29-18-30)14-19-6-4-3-5-7-19/h3-13,15-16,20,29H,14,17-18H2,1-2H3. The Morgan fingerprint density at radius 3 is 2.42 bits per heavy atom. The predicted molar refractivity (Wildman–Crippen MR) is 131 cm³/mol. The molecule has 4 aromatic rings. The molecule has 3 aromatic carbocycles. The average Bonchev–Trinajstić information content (AvgIpc) is 3.33. The fraction of sp³-hybridized carbons (Fsp3) is 0.222. The molecule has 0 radical (unpaired) electrons. The van der Waals surface area contributed by atoms with Crippen molar-refractivity contribution in [3.8, 4) is 23.0 Å². The first-order chi connectivity index (χ1) is 16.2. The highest BCUT2D eigenvalue weighted by Gasteiger charge is 2.22. The second-order valence-electron chi connectivity index (χ2n) is 8.10. The van der Waals surface area contributed by atoms with Crippen molar-refractivity contribution in [2.24, 2.45) is 0 Å². The lowest BCUT2D eigenvalue weighted by atomic mass is 10.1. The largest absolute Gasteiger partial charge is 0.493 e. The van der Waals surface area contributed by atoms with E-state index < -0.39 is 0 Å². The highest BCUT2D eigenvalue weighted by atomic mass is 16.5. The van der Waals surface area contributed by atoms with Crippen LogP contribution in [0.15, 0.2) is 79.0 Å². The van der Waals surface area contributed by atoms with E-state index in [9.17, 15) is 0 Å². The van der Waals surface area contributed by atoms with E-state index in [2.05, 4.69) is 57.7 Å². The van der Waals surface area contributed by atoms with Crippen molar-refractivity contribution >= 4 is 16.6 Å². The fourth-order valence-electron chi connectivity index (χ4n) is 4.25. The van der Waals surface area contributed by atoms with Gasteiger partial charge in [0.05, 0.1) is 26.4 Å². The number of benzene rings is 3. The molecule has 2 heterocycles. The molecule has 1 unspecified atom stereocenters. The Kier molecular flexibility index (Phi) is 6.00. The topological polar surface area (TPSA) is 55.9 Å². The summed E-state index contributed by atoms with van der Waals surface area (Å²) in [5.41, 5.74) is 3.32. The number of ether oxygens (including phenoxy) is 3. The summed E-state index contributed by atoms with van der Waals surface area (Å²) >= 11 is 0. The second kappa shape index (κ2) is 9.38. The van der Waals surface area contributed by atoms with Crippen molar-refractivity contribution in [3.05, 3.63) is 84.6 Å². The van der Waals surface area contributed by atoms with Crippen molar-refractivity contribution < 1.29 is 14.2 Å². The van der Waals surface area contributed by atoms with Crippen LogP contribution in [0.1, 0.15) is 5.56 Å². The molecule has 1 N–H and O–H groups in total. The van der Waals surface area contributed by atoms with Crippen molar-refractivity contribution in [2.75, 3.05) is 32.3 Å². The normalized spacial score (nSPS) is 15.6. The molecule has 1 atom stereocenters. The van der Waals surface area contributed by atoms with Crippen LogP contribution in [0.2, 0.25) is 0 Å². The van der Waals surface area contributed by atoms with Crippen LogP contribution in [-0.2, 0) is 6.42 Å². The maximum Gasteiger partial charge on any atom is 0.162 e. The minimum absolute atomic E-state index is 0.443. The monoisotopic (exact) mass is 441 g/mol. The third kappa shape index (κ3) is 4.56. The summed E-state index contributed by atoms with van der Waals surface area (Å²) in [5.74, 6) is 2.78. The van der Waals surface area contributed by atoms with E-state index in [4.69, 9.17) is 14.2 Å². The molecule has 1 aliphatic rings. The van der Waals surface area contributed by atoms with Gasteiger partial charge in [0.15, 0.2) is 11.5 Å². The van der Waals surface area contributed by atoms with E-state index in [-0.39, 0.29) is 0 Å². The summed E-state index contributed by atoms with van der Waals surface area (Å²) < 4.78 is 17.0. The zero-order valence-electron chi connectivity index (χ0n) is 18.8. The molecule has 168 valence electrons. The van der Waals surface area contributed by atoms with Crippen molar-refractivity contribution in [1.82, 2.24) is 10.3 Å². The van der Waals surface area contributed by atoms with Gasteiger partial charge >= 0.3 is 0 Å².